The van der Waals surface area contributed by atoms with E-state index in [1.165, 1.54) is 4.70 Å². The molecule has 0 saturated heterocycles. The van der Waals surface area contributed by atoms with E-state index in [2.05, 4.69) is 22.3 Å². The van der Waals surface area contributed by atoms with Crippen LogP contribution in [0, 0.1) is 0 Å². The Morgan fingerprint density at radius 3 is 2.94 bits per heavy atom. The summed E-state index contributed by atoms with van der Waals surface area (Å²) in [6.07, 6.45) is 0. The van der Waals surface area contributed by atoms with Crippen LogP contribution >= 0.6 is 11.3 Å². The van der Waals surface area contributed by atoms with Gasteiger partial charge in [-0.25, -0.2) is 0 Å². The van der Waals surface area contributed by atoms with Crippen LogP contribution in [-0.4, -0.2) is 10.1 Å². The van der Waals surface area contributed by atoms with Crippen molar-refractivity contribution in [3.63, 3.8) is 0 Å². The normalized spacial score (nSPS) is 13.1. The summed E-state index contributed by atoms with van der Waals surface area (Å²) < 4.78 is 6.46. The number of nitrogens with zero attached hydrogens (tertiary/aromatic N) is 2. The molecule has 3 aromatic rings. The topological polar surface area (TPSA) is 64.9 Å². The van der Waals surface area contributed by atoms with Crippen LogP contribution in [0.3, 0.4) is 0 Å². The molecule has 1 aromatic carbocycles. The van der Waals surface area contributed by atoms with Gasteiger partial charge < -0.3 is 10.3 Å². The molecule has 1 atom stereocenters. The Bertz CT molecular complexity index is 656. The molecule has 1 unspecified atom stereocenters. The zero-order chi connectivity index (χ0) is 11.8. The van der Waals surface area contributed by atoms with Crippen LogP contribution in [0.4, 0.5) is 0 Å². The molecule has 0 spiro atoms. The molecular formula is C12H11N3OS. The standard InChI is InChI=1S/C12H11N3OS/c1-7(13)11-14-12(16-15-11)9-6-17-10-5-3-2-4-8(9)10/h2-7H,13H2,1H3. The SMILES string of the molecule is CC(N)c1noc(-c2csc3ccccc23)n1. The smallest absolute Gasteiger partial charge is 0.259 e. The van der Waals surface area contributed by atoms with Crippen molar-refractivity contribution in [1.29, 1.82) is 0 Å². The third-order valence-corrected chi connectivity index (χ3v) is 3.52. The summed E-state index contributed by atoms with van der Waals surface area (Å²) >= 11 is 1.67. The van der Waals surface area contributed by atoms with Gasteiger partial charge in [-0.2, -0.15) is 4.98 Å². The molecule has 17 heavy (non-hydrogen) atoms. The molecule has 2 aromatic heterocycles. The molecule has 0 aliphatic carbocycles. The highest BCUT2D eigenvalue weighted by Gasteiger charge is 2.14. The van der Waals surface area contributed by atoms with E-state index < -0.39 is 0 Å². The van der Waals surface area contributed by atoms with Crippen molar-refractivity contribution >= 4 is 21.4 Å². The van der Waals surface area contributed by atoms with Crippen molar-refractivity contribution in [3.05, 3.63) is 35.5 Å². The number of benzene rings is 1. The van der Waals surface area contributed by atoms with Gasteiger partial charge in [0.2, 0.25) is 0 Å². The largest absolute Gasteiger partial charge is 0.334 e. The Hall–Kier alpha value is -1.72. The van der Waals surface area contributed by atoms with E-state index >= 15 is 0 Å². The van der Waals surface area contributed by atoms with Gasteiger partial charge in [0.05, 0.1) is 11.6 Å². The number of fused-ring (bicyclic) bond motifs is 1. The zero-order valence-electron chi connectivity index (χ0n) is 9.25. The fraction of sp³-hybridized carbons (Fsp3) is 0.167. The summed E-state index contributed by atoms with van der Waals surface area (Å²) in [5.74, 6) is 1.07. The number of nitrogens with two attached hydrogens (primary N) is 1. The van der Waals surface area contributed by atoms with Crippen molar-refractivity contribution in [2.24, 2.45) is 5.73 Å². The number of rotatable bonds is 2. The Kier molecular flexibility index (Phi) is 2.42. The summed E-state index contributed by atoms with van der Waals surface area (Å²) in [5, 5.41) is 7.04. The first-order chi connectivity index (χ1) is 8.25. The lowest BCUT2D eigenvalue weighted by atomic mass is 10.2. The van der Waals surface area contributed by atoms with E-state index in [1.807, 2.05) is 24.4 Å². The number of aromatic nitrogens is 2. The zero-order valence-corrected chi connectivity index (χ0v) is 10.1. The van der Waals surface area contributed by atoms with Crippen LogP contribution in [0.1, 0.15) is 18.8 Å². The summed E-state index contributed by atoms with van der Waals surface area (Å²) in [4.78, 5) is 4.31. The molecule has 4 nitrogen and oxygen atoms in total. The first-order valence-corrected chi connectivity index (χ1v) is 6.19. The average Bonchev–Trinajstić information content (AvgIpc) is 2.95. The molecule has 0 radical (unpaired) electrons. The first kappa shape index (κ1) is 10.4. The van der Waals surface area contributed by atoms with Crippen molar-refractivity contribution in [3.8, 4) is 11.5 Å². The van der Waals surface area contributed by atoms with Gasteiger partial charge in [-0.1, -0.05) is 23.4 Å². The molecule has 0 aliphatic rings. The predicted molar refractivity (Wildman–Crippen MR) is 67.7 cm³/mol. The summed E-state index contributed by atoms with van der Waals surface area (Å²) in [6.45, 7) is 1.83. The fourth-order valence-electron chi connectivity index (χ4n) is 1.67. The molecule has 0 saturated carbocycles. The van der Waals surface area contributed by atoms with Gasteiger partial charge in [0.25, 0.3) is 5.89 Å². The second-order valence-corrected chi connectivity index (χ2v) is 4.80. The highest BCUT2D eigenvalue weighted by atomic mass is 32.1. The molecule has 0 bridgehead atoms. The van der Waals surface area contributed by atoms with Crippen molar-refractivity contribution < 1.29 is 4.52 Å². The van der Waals surface area contributed by atoms with Gasteiger partial charge in [-0.15, -0.1) is 11.3 Å². The minimum atomic E-state index is -0.211. The van der Waals surface area contributed by atoms with Crippen LogP contribution in [0.25, 0.3) is 21.5 Å². The average molecular weight is 245 g/mol. The Balaban J connectivity index is 2.14. The van der Waals surface area contributed by atoms with Crippen LogP contribution < -0.4 is 5.73 Å². The molecule has 5 heteroatoms. The number of hydrogen-bond donors (Lipinski definition) is 1. The van der Waals surface area contributed by atoms with Gasteiger partial charge in [-0.05, 0) is 13.0 Å². The van der Waals surface area contributed by atoms with E-state index in [-0.39, 0.29) is 6.04 Å². The van der Waals surface area contributed by atoms with Gasteiger partial charge in [0, 0.05) is 15.5 Å². The van der Waals surface area contributed by atoms with Crippen molar-refractivity contribution in [2.75, 3.05) is 0 Å². The number of thiophene rings is 1. The highest BCUT2D eigenvalue weighted by molar-refractivity contribution is 7.17. The summed E-state index contributed by atoms with van der Waals surface area (Å²) in [5.41, 5.74) is 6.69. The second kappa shape index (κ2) is 3.94. The molecule has 0 fully saturated rings. The van der Waals surface area contributed by atoms with E-state index in [0.29, 0.717) is 11.7 Å². The summed E-state index contributed by atoms with van der Waals surface area (Å²) in [7, 11) is 0. The maximum atomic E-state index is 5.71. The lowest BCUT2D eigenvalue weighted by Gasteiger charge is -1.93. The molecule has 2 N–H and O–H groups in total. The molecule has 86 valence electrons. The molecule has 3 rings (SSSR count). The van der Waals surface area contributed by atoms with Crippen LogP contribution in [-0.2, 0) is 0 Å². The van der Waals surface area contributed by atoms with E-state index in [4.69, 9.17) is 10.3 Å². The Labute approximate surface area is 102 Å². The third kappa shape index (κ3) is 1.73. The van der Waals surface area contributed by atoms with Gasteiger partial charge in [0.1, 0.15) is 0 Å². The minimum Gasteiger partial charge on any atom is -0.334 e. The van der Waals surface area contributed by atoms with Gasteiger partial charge >= 0.3 is 0 Å². The quantitative estimate of drug-likeness (QED) is 0.753. The van der Waals surface area contributed by atoms with Crippen LogP contribution in [0.2, 0.25) is 0 Å². The van der Waals surface area contributed by atoms with E-state index in [1.54, 1.807) is 11.3 Å². The number of hydrogen-bond acceptors (Lipinski definition) is 5. The van der Waals surface area contributed by atoms with E-state index in [9.17, 15) is 0 Å². The minimum absolute atomic E-state index is 0.211. The van der Waals surface area contributed by atoms with Crippen LogP contribution in [0.5, 0.6) is 0 Å². The molecule has 0 aliphatic heterocycles. The molecule has 0 amide bonds. The third-order valence-electron chi connectivity index (χ3n) is 2.56. The molecular weight excluding hydrogens is 234 g/mol. The van der Waals surface area contributed by atoms with Crippen molar-refractivity contribution in [2.45, 2.75) is 13.0 Å². The maximum absolute atomic E-state index is 5.71. The lowest BCUT2D eigenvalue weighted by molar-refractivity contribution is 0.418. The van der Waals surface area contributed by atoms with Crippen LogP contribution in [0.15, 0.2) is 34.2 Å². The Morgan fingerprint density at radius 1 is 1.35 bits per heavy atom. The maximum Gasteiger partial charge on any atom is 0.259 e. The summed E-state index contributed by atoms with van der Waals surface area (Å²) in [6, 6.07) is 7.94. The molecule has 2 heterocycles. The lowest BCUT2D eigenvalue weighted by Crippen LogP contribution is -2.06. The predicted octanol–water partition coefficient (Wildman–Crippen LogP) is 2.97. The van der Waals surface area contributed by atoms with Crippen molar-refractivity contribution in [1.82, 2.24) is 10.1 Å². The monoisotopic (exact) mass is 245 g/mol. The second-order valence-electron chi connectivity index (χ2n) is 3.89. The first-order valence-electron chi connectivity index (χ1n) is 5.31. The van der Waals surface area contributed by atoms with Gasteiger partial charge in [-0.3, -0.25) is 0 Å². The highest BCUT2D eigenvalue weighted by Crippen LogP contribution is 2.32. The van der Waals surface area contributed by atoms with Gasteiger partial charge in [0.15, 0.2) is 5.82 Å². The van der Waals surface area contributed by atoms with E-state index in [0.717, 1.165) is 10.9 Å². The fourth-order valence-corrected chi connectivity index (χ4v) is 2.61. The Morgan fingerprint density at radius 2 is 2.18 bits per heavy atom.